The third-order valence-corrected chi connectivity index (χ3v) is 6.14. The van der Waals surface area contributed by atoms with E-state index in [2.05, 4.69) is 15.0 Å². The molecule has 0 atom stereocenters. The molecule has 0 aliphatic heterocycles. The Morgan fingerprint density at radius 2 is 1.83 bits per heavy atom. The van der Waals surface area contributed by atoms with Gasteiger partial charge in [-0.15, -0.1) is 0 Å². The standard InChI is InChI=1S/C21H22ClN3O4S/c1-15-6-8-16(9-7-15)30(27,28)25-13-12-23-20(26)10-11-21-24-14-19(29-21)17-4-2-3-5-18(17)22/h2-9,14,25H,10-13H2,1H3,(H,23,26). The van der Waals surface area contributed by atoms with Crippen molar-refractivity contribution in [3.05, 3.63) is 71.2 Å². The van der Waals surface area contributed by atoms with Crippen LogP contribution in [0, 0.1) is 6.92 Å². The van der Waals surface area contributed by atoms with Gasteiger partial charge in [0, 0.05) is 31.5 Å². The molecule has 0 saturated heterocycles. The highest BCUT2D eigenvalue weighted by Gasteiger charge is 2.14. The predicted octanol–water partition coefficient (Wildman–Crippen LogP) is 3.33. The molecule has 9 heteroatoms. The lowest BCUT2D eigenvalue weighted by molar-refractivity contribution is -0.121. The fraction of sp³-hybridized carbons (Fsp3) is 0.238. The quantitative estimate of drug-likeness (QED) is 0.490. The van der Waals surface area contributed by atoms with Crippen molar-refractivity contribution in [3.8, 4) is 11.3 Å². The van der Waals surface area contributed by atoms with E-state index >= 15 is 0 Å². The van der Waals surface area contributed by atoms with Crippen LogP contribution in [0.5, 0.6) is 0 Å². The number of sulfonamides is 1. The van der Waals surface area contributed by atoms with Crippen LogP contribution >= 0.6 is 11.6 Å². The number of carbonyl (C=O) groups excluding carboxylic acids is 1. The summed E-state index contributed by atoms with van der Waals surface area (Å²) in [5.74, 6) is 0.753. The SMILES string of the molecule is Cc1ccc(S(=O)(=O)NCCNC(=O)CCc2ncc(-c3ccccc3Cl)o2)cc1. The van der Waals surface area contributed by atoms with Gasteiger partial charge in [-0.1, -0.05) is 41.4 Å². The zero-order chi connectivity index (χ0) is 21.6. The second kappa shape index (κ2) is 9.88. The minimum Gasteiger partial charge on any atom is -0.441 e. The monoisotopic (exact) mass is 447 g/mol. The van der Waals surface area contributed by atoms with Crippen molar-refractivity contribution in [2.75, 3.05) is 13.1 Å². The number of aryl methyl sites for hydroxylation is 2. The van der Waals surface area contributed by atoms with Gasteiger partial charge in [0.2, 0.25) is 15.9 Å². The molecular weight excluding hydrogens is 426 g/mol. The van der Waals surface area contributed by atoms with Crippen LogP contribution in [0.2, 0.25) is 5.02 Å². The average molecular weight is 448 g/mol. The molecule has 0 spiro atoms. The van der Waals surface area contributed by atoms with Crippen molar-refractivity contribution >= 4 is 27.5 Å². The highest BCUT2D eigenvalue weighted by atomic mass is 35.5. The Hall–Kier alpha value is -2.68. The normalized spacial score (nSPS) is 11.4. The molecule has 3 aromatic rings. The first-order valence-electron chi connectivity index (χ1n) is 9.38. The zero-order valence-corrected chi connectivity index (χ0v) is 18.0. The predicted molar refractivity (Wildman–Crippen MR) is 115 cm³/mol. The number of rotatable bonds is 9. The van der Waals surface area contributed by atoms with Gasteiger partial charge in [0.15, 0.2) is 11.7 Å². The van der Waals surface area contributed by atoms with E-state index in [9.17, 15) is 13.2 Å². The van der Waals surface area contributed by atoms with Gasteiger partial charge in [-0.25, -0.2) is 18.1 Å². The van der Waals surface area contributed by atoms with E-state index in [4.69, 9.17) is 16.0 Å². The van der Waals surface area contributed by atoms with Gasteiger partial charge >= 0.3 is 0 Å². The molecule has 1 heterocycles. The summed E-state index contributed by atoms with van der Waals surface area (Å²) in [7, 11) is -3.59. The van der Waals surface area contributed by atoms with Crippen LogP contribution in [0.4, 0.5) is 0 Å². The summed E-state index contributed by atoms with van der Waals surface area (Å²) in [6, 6.07) is 13.8. The molecule has 3 rings (SSSR count). The Balaban J connectivity index is 1.41. The molecule has 2 aromatic carbocycles. The lowest BCUT2D eigenvalue weighted by Crippen LogP contribution is -2.34. The molecule has 0 fully saturated rings. The molecule has 0 radical (unpaired) electrons. The lowest BCUT2D eigenvalue weighted by Gasteiger charge is -2.08. The first-order chi connectivity index (χ1) is 14.3. The van der Waals surface area contributed by atoms with Crippen molar-refractivity contribution in [3.63, 3.8) is 0 Å². The summed E-state index contributed by atoms with van der Waals surface area (Å²) in [6.45, 7) is 2.16. The Morgan fingerprint density at radius 1 is 1.10 bits per heavy atom. The van der Waals surface area contributed by atoms with Crippen molar-refractivity contribution < 1.29 is 17.6 Å². The lowest BCUT2D eigenvalue weighted by atomic mass is 10.2. The Labute approximate surface area is 180 Å². The molecule has 158 valence electrons. The zero-order valence-electron chi connectivity index (χ0n) is 16.4. The van der Waals surface area contributed by atoms with Crippen LogP contribution in [0.1, 0.15) is 17.9 Å². The topological polar surface area (TPSA) is 101 Å². The van der Waals surface area contributed by atoms with E-state index in [0.717, 1.165) is 11.1 Å². The second-order valence-electron chi connectivity index (χ2n) is 6.66. The number of hydrogen-bond donors (Lipinski definition) is 2. The van der Waals surface area contributed by atoms with Gasteiger partial charge in [-0.05, 0) is 31.2 Å². The number of halogens is 1. The Kier molecular flexibility index (Phi) is 7.25. The van der Waals surface area contributed by atoms with Gasteiger partial charge in [0.25, 0.3) is 0 Å². The number of nitrogens with one attached hydrogen (secondary N) is 2. The molecule has 7 nitrogen and oxygen atoms in total. The van der Waals surface area contributed by atoms with E-state index in [1.807, 2.05) is 25.1 Å². The summed E-state index contributed by atoms with van der Waals surface area (Å²) in [5.41, 5.74) is 1.72. The average Bonchev–Trinajstić information content (AvgIpc) is 3.19. The summed E-state index contributed by atoms with van der Waals surface area (Å²) < 4.78 is 32.5. The van der Waals surface area contributed by atoms with Gasteiger partial charge < -0.3 is 9.73 Å². The van der Waals surface area contributed by atoms with Crippen LogP contribution in [0.25, 0.3) is 11.3 Å². The van der Waals surface area contributed by atoms with E-state index < -0.39 is 10.0 Å². The molecule has 0 unspecified atom stereocenters. The minimum absolute atomic E-state index is 0.0948. The highest BCUT2D eigenvalue weighted by molar-refractivity contribution is 7.89. The Morgan fingerprint density at radius 3 is 2.57 bits per heavy atom. The number of oxazole rings is 1. The van der Waals surface area contributed by atoms with Crippen LogP contribution in [-0.2, 0) is 21.2 Å². The van der Waals surface area contributed by atoms with E-state index in [1.54, 1.807) is 36.5 Å². The van der Waals surface area contributed by atoms with Crippen LogP contribution in [-0.4, -0.2) is 32.4 Å². The molecule has 30 heavy (non-hydrogen) atoms. The fourth-order valence-electron chi connectivity index (χ4n) is 2.71. The van der Waals surface area contributed by atoms with Gasteiger partial charge in [0.1, 0.15) is 0 Å². The maximum Gasteiger partial charge on any atom is 0.240 e. The number of aromatic nitrogens is 1. The number of amides is 1. The maximum atomic E-state index is 12.2. The van der Waals surface area contributed by atoms with Gasteiger partial charge in [-0.3, -0.25) is 4.79 Å². The third kappa shape index (κ3) is 5.91. The highest BCUT2D eigenvalue weighted by Crippen LogP contribution is 2.28. The van der Waals surface area contributed by atoms with Crippen molar-refractivity contribution in [2.24, 2.45) is 0 Å². The second-order valence-corrected chi connectivity index (χ2v) is 8.83. The summed E-state index contributed by atoms with van der Waals surface area (Å²) in [6.07, 6.45) is 2.08. The number of carbonyl (C=O) groups is 1. The van der Waals surface area contributed by atoms with Crippen LogP contribution < -0.4 is 10.0 Å². The molecule has 1 amide bonds. The molecule has 0 saturated carbocycles. The first-order valence-corrected chi connectivity index (χ1v) is 11.2. The molecule has 2 N–H and O–H groups in total. The Bertz CT molecular complexity index is 1110. The summed E-state index contributed by atoms with van der Waals surface area (Å²) in [5, 5.41) is 3.24. The number of benzene rings is 2. The summed E-state index contributed by atoms with van der Waals surface area (Å²) in [4.78, 5) is 16.4. The third-order valence-electron chi connectivity index (χ3n) is 4.33. The first kappa shape index (κ1) is 22.0. The van der Waals surface area contributed by atoms with Gasteiger partial charge in [-0.2, -0.15) is 0 Å². The molecule has 0 aliphatic rings. The number of nitrogens with zero attached hydrogens (tertiary/aromatic N) is 1. The largest absolute Gasteiger partial charge is 0.441 e. The van der Waals surface area contributed by atoms with Crippen molar-refractivity contribution in [1.82, 2.24) is 15.0 Å². The minimum atomic E-state index is -3.59. The van der Waals surface area contributed by atoms with Crippen molar-refractivity contribution in [1.29, 1.82) is 0 Å². The fourth-order valence-corrected chi connectivity index (χ4v) is 3.97. The summed E-state index contributed by atoms with van der Waals surface area (Å²) >= 11 is 6.14. The van der Waals surface area contributed by atoms with Crippen molar-refractivity contribution in [2.45, 2.75) is 24.7 Å². The maximum absolute atomic E-state index is 12.2. The number of hydrogen-bond acceptors (Lipinski definition) is 5. The molecule has 1 aromatic heterocycles. The van der Waals surface area contributed by atoms with Crippen LogP contribution in [0.3, 0.4) is 0 Å². The smallest absolute Gasteiger partial charge is 0.240 e. The van der Waals surface area contributed by atoms with E-state index in [1.165, 1.54) is 0 Å². The van der Waals surface area contributed by atoms with Gasteiger partial charge in [0.05, 0.1) is 16.1 Å². The molecular formula is C21H22ClN3O4S. The van der Waals surface area contributed by atoms with E-state index in [-0.39, 0.29) is 30.3 Å². The molecule has 0 bridgehead atoms. The van der Waals surface area contributed by atoms with E-state index in [0.29, 0.717) is 23.1 Å². The van der Waals surface area contributed by atoms with Crippen LogP contribution in [0.15, 0.2) is 64.0 Å². The molecule has 0 aliphatic carbocycles.